The molecule has 1 aliphatic rings. The van der Waals surface area contributed by atoms with Crippen molar-refractivity contribution in [1.29, 1.82) is 0 Å². The molecule has 1 amide bonds. The molecule has 0 bridgehead atoms. The minimum atomic E-state index is 0.120. The number of carbonyl (C=O) groups is 1. The van der Waals surface area contributed by atoms with Crippen LogP contribution in [0.3, 0.4) is 0 Å². The Hall–Kier alpha value is -1.56. The fourth-order valence-electron chi connectivity index (χ4n) is 2.27. The van der Waals surface area contributed by atoms with E-state index in [1.807, 2.05) is 9.58 Å². The molecule has 1 fully saturated rings. The summed E-state index contributed by atoms with van der Waals surface area (Å²) >= 11 is 0. The van der Waals surface area contributed by atoms with E-state index in [2.05, 4.69) is 49.3 Å². The van der Waals surface area contributed by atoms with Crippen molar-refractivity contribution in [1.82, 2.24) is 19.7 Å². The van der Waals surface area contributed by atoms with Gasteiger partial charge in [-0.15, -0.1) is 0 Å². The Morgan fingerprint density at radius 2 is 2.00 bits per heavy atom. The molecule has 0 saturated carbocycles. The molecule has 1 aliphatic heterocycles. The topological polar surface area (TPSA) is 53.4 Å². The van der Waals surface area contributed by atoms with Crippen molar-refractivity contribution < 1.29 is 4.79 Å². The van der Waals surface area contributed by atoms with Crippen molar-refractivity contribution in [3.8, 4) is 0 Å². The molecule has 2 rings (SSSR count). The van der Waals surface area contributed by atoms with Crippen molar-refractivity contribution in [2.24, 2.45) is 0 Å². The van der Waals surface area contributed by atoms with Crippen LogP contribution in [0.25, 0.3) is 0 Å². The zero-order valence-corrected chi connectivity index (χ0v) is 13.1. The van der Waals surface area contributed by atoms with Gasteiger partial charge in [-0.2, -0.15) is 5.10 Å². The summed E-state index contributed by atoms with van der Waals surface area (Å²) in [7, 11) is 0. The first-order chi connectivity index (χ1) is 9.38. The van der Waals surface area contributed by atoms with E-state index in [1.165, 1.54) is 0 Å². The molecule has 6 nitrogen and oxygen atoms in total. The molecule has 0 aromatic carbocycles. The predicted octanol–water partition coefficient (Wildman–Crippen LogP) is 2.04. The second-order valence-electron chi connectivity index (χ2n) is 5.95. The van der Waals surface area contributed by atoms with Gasteiger partial charge in [0.15, 0.2) is 0 Å². The Labute approximate surface area is 120 Å². The van der Waals surface area contributed by atoms with E-state index in [9.17, 15) is 4.79 Å². The van der Waals surface area contributed by atoms with Crippen LogP contribution in [0, 0.1) is 0 Å². The number of aromatic nitrogens is 2. The number of anilines is 1. The second-order valence-corrected chi connectivity index (χ2v) is 5.95. The van der Waals surface area contributed by atoms with Crippen LogP contribution in [0.5, 0.6) is 0 Å². The zero-order valence-electron chi connectivity index (χ0n) is 13.1. The van der Waals surface area contributed by atoms with Crippen molar-refractivity contribution in [3.05, 3.63) is 11.8 Å². The Morgan fingerprint density at radius 3 is 2.50 bits per heavy atom. The minimum absolute atomic E-state index is 0.120. The van der Waals surface area contributed by atoms with Gasteiger partial charge in [0.05, 0.1) is 12.4 Å². The number of hydrazine groups is 1. The Morgan fingerprint density at radius 1 is 1.30 bits per heavy atom. The highest BCUT2D eigenvalue weighted by atomic mass is 16.2. The number of hydrogen-bond donors (Lipinski definition) is 1. The van der Waals surface area contributed by atoms with Gasteiger partial charge < -0.3 is 10.3 Å². The van der Waals surface area contributed by atoms with Crippen molar-refractivity contribution in [2.45, 2.75) is 46.6 Å². The lowest BCUT2D eigenvalue weighted by atomic mass is 10.1. The Kier molecular flexibility index (Phi) is 4.32. The molecule has 0 unspecified atom stereocenters. The van der Waals surface area contributed by atoms with Gasteiger partial charge in [-0.05, 0) is 19.8 Å². The molecule has 0 atom stereocenters. The van der Waals surface area contributed by atoms with Gasteiger partial charge in [0.25, 0.3) is 0 Å². The smallest absolute Gasteiger partial charge is 0.220 e. The van der Waals surface area contributed by atoms with Gasteiger partial charge in [-0.25, -0.2) is 9.69 Å². The first-order valence-electron chi connectivity index (χ1n) is 7.25. The van der Waals surface area contributed by atoms with Crippen LogP contribution in [0.2, 0.25) is 0 Å². The summed E-state index contributed by atoms with van der Waals surface area (Å²) in [6, 6.07) is 2.40. The zero-order chi connectivity index (χ0) is 14.9. The first-order valence-corrected chi connectivity index (χ1v) is 7.25. The normalized spacial score (nSPS) is 16.4. The Bertz CT molecular complexity index is 480. The van der Waals surface area contributed by atoms with Crippen LogP contribution in [-0.2, 0) is 4.79 Å². The molecule has 6 heteroatoms. The summed E-state index contributed by atoms with van der Waals surface area (Å²) in [4.78, 5) is 13.2. The monoisotopic (exact) mass is 279 g/mol. The van der Waals surface area contributed by atoms with Gasteiger partial charge in [-0.3, -0.25) is 4.79 Å². The summed E-state index contributed by atoms with van der Waals surface area (Å²) < 4.78 is 2.01. The summed E-state index contributed by atoms with van der Waals surface area (Å²) in [6.07, 6.45) is 0. The maximum atomic E-state index is 11.4. The largest absolute Gasteiger partial charge is 0.327 e. The third-order valence-electron chi connectivity index (χ3n) is 3.53. The lowest BCUT2D eigenvalue weighted by Crippen LogP contribution is -2.33. The third kappa shape index (κ3) is 3.12. The molecule has 2 heterocycles. The molecule has 0 aliphatic carbocycles. The van der Waals surface area contributed by atoms with Gasteiger partial charge in [0.1, 0.15) is 5.82 Å². The summed E-state index contributed by atoms with van der Waals surface area (Å²) in [5.74, 6) is 1.52. The summed E-state index contributed by atoms with van der Waals surface area (Å²) in [5, 5.41) is 6.71. The van der Waals surface area contributed by atoms with Crippen molar-refractivity contribution in [3.63, 3.8) is 0 Å². The van der Waals surface area contributed by atoms with Crippen LogP contribution in [-0.4, -0.2) is 45.4 Å². The number of nitrogens with zero attached hydrogens (tertiary/aromatic N) is 4. The van der Waals surface area contributed by atoms with Gasteiger partial charge in [0, 0.05) is 32.1 Å². The SMILES string of the molecule is CC(=O)N1CCN(Nc2cc(C(C)C)nn2C(C)C)C1. The highest BCUT2D eigenvalue weighted by Crippen LogP contribution is 2.22. The van der Waals surface area contributed by atoms with E-state index in [-0.39, 0.29) is 5.91 Å². The fourth-order valence-corrected chi connectivity index (χ4v) is 2.27. The van der Waals surface area contributed by atoms with E-state index in [0.717, 1.165) is 24.6 Å². The standard InChI is InChI=1S/C14H25N5O/c1-10(2)13-8-14(19(15-13)11(3)4)16-18-7-6-17(9-18)12(5)20/h8,10-11,16H,6-7,9H2,1-5H3. The minimum Gasteiger partial charge on any atom is -0.327 e. The van der Waals surface area contributed by atoms with E-state index >= 15 is 0 Å². The molecule has 0 radical (unpaired) electrons. The van der Waals surface area contributed by atoms with Gasteiger partial charge in [-0.1, -0.05) is 13.8 Å². The third-order valence-corrected chi connectivity index (χ3v) is 3.53. The number of carbonyl (C=O) groups excluding carboxylic acids is 1. The summed E-state index contributed by atoms with van der Waals surface area (Å²) in [5.41, 5.74) is 4.48. The number of amides is 1. The quantitative estimate of drug-likeness (QED) is 0.916. The van der Waals surface area contributed by atoms with E-state index in [4.69, 9.17) is 0 Å². The maximum Gasteiger partial charge on any atom is 0.220 e. The second kappa shape index (κ2) is 5.83. The Balaban J connectivity index is 2.11. The van der Waals surface area contributed by atoms with Crippen LogP contribution in [0.1, 0.15) is 52.3 Å². The number of nitrogens with one attached hydrogen (secondary N) is 1. The highest BCUT2D eigenvalue weighted by Gasteiger charge is 2.23. The van der Waals surface area contributed by atoms with Crippen LogP contribution < -0.4 is 5.43 Å². The highest BCUT2D eigenvalue weighted by molar-refractivity contribution is 5.73. The van der Waals surface area contributed by atoms with Gasteiger partial charge in [0.2, 0.25) is 5.91 Å². The molecule has 1 N–H and O–H groups in total. The number of rotatable bonds is 4. The molecule has 1 saturated heterocycles. The van der Waals surface area contributed by atoms with Crippen LogP contribution in [0.15, 0.2) is 6.07 Å². The van der Waals surface area contributed by atoms with Gasteiger partial charge >= 0.3 is 0 Å². The van der Waals surface area contributed by atoms with Crippen molar-refractivity contribution in [2.75, 3.05) is 25.2 Å². The number of hydrogen-bond acceptors (Lipinski definition) is 4. The molecular weight excluding hydrogens is 254 g/mol. The first kappa shape index (κ1) is 14.8. The van der Waals surface area contributed by atoms with E-state index in [0.29, 0.717) is 18.6 Å². The molecule has 0 spiro atoms. The molecule has 1 aromatic rings. The van der Waals surface area contributed by atoms with Crippen LogP contribution in [0.4, 0.5) is 5.82 Å². The lowest BCUT2D eigenvalue weighted by molar-refractivity contribution is -0.128. The molecular formula is C14H25N5O. The van der Waals surface area contributed by atoms with E-state index < -0.39 is 0 Å². The molecule has 20 heavy (non-hydrogen) atoms. The maximum absolute atomic E-state index is 11.4. The fraction of sp³-hybridized carbons (Fsp3) is 0.714. The molecule has 112 valence electrons. The van der Waals surface area contributed by atoms with Crippen LogP contribution >= 0.6 is 0 Å². The molecule has 1 aromatic heterocycles. The van der Waals surface area contributed by atoms with E-state index in [1.54, 1.807) is 6.92 Å². The predicted molar refractivity (Wildman–Crippen MR) is 79.3 cm³/mol. The average molecular weight is 279 g/mol. The summed E-state index contributed by atoms with van der Waals surface area (Å²) in [6.45, 7) is 12.4. The average Bonchev–Trinajstić information content (AvgIpc) is 2.96. The van der Waals surface area contributed by atoms with Crippen molar-refractivity contribution >= 4 is 11.7 Å². The lowest BCUT2D eigenvalue weighted by Gasteiger charge is -2.20.